The molecule has 1 unspecified atom stereocenters. The lowest BCUT2D eigenvalue weighted by Gasteiger charge is -2.10. The fourth-order valence-corrected chi connectivity index (χ4v) is 1.43. The van der Waals surface area contributed by atoms with Gasteiger partial charge in [-0.1, -0.05) is 12.8 Å². The molecule has 0 heterocycles. The molecule has 7 nitrogen and oxygen atoms in total. The van der Waals surface area contributed by atoms with Crippen molar-refractivity contribution in [1.82, 2.24) is 10.6 Å². The van der Waals surface area contributed by atoms with Gasteiger partial charge in [-0.05, 0) is 12.8 Å². The molecule has 0 aliphatic rings. The predicted octanol–water partition coefficient (Wildman–Crippen LogP) is 0.623. The highest BCUT2D eigenvalue weighted by molar-refractivity contribution is 5.72. The van der Waals surface area contributed by atoms with Gasteiger partial charge in [0.1, 0.15) is 12.7 Å². The van der Waals surface area contributed by atoms with E-state index in [1.54, 1.807) is 0 Å². The number of carbonyl (C=O) groups is 3. The van der Waals surface area contributed by atoms with Gasteiger partial charge in [-0.15, -0.1) is 0 Å². The third kappa shape index (κ3) is 11.5. The van der Waals surface area contributed by atoms with Crippen LogP contribution in [0.15, 0.2) is 0 Å². The van der Waals surface area contributed by atoms with E-state index in [-0.39, 0.29) is 12.5 Å². The van der Waals surface area contributed by atoms with Gasteiger partial charge in [-0.3, -0.25) is 4.79 Å². The predicted molar refractivity (Wildman–Crippen MR) is 73.4 cm³/mol. The molecule has 0 rings (SSSR count). The first-order valence-corrected chi connectivity index (χ1v) is 6.73. The number of ether oxygens (including phenoxy) is 2. The van der Waals surface area contributed by atoms with Crippen molar-refractivity contribution < 1.29 is 23.9 Å². The number of hydrogen-bond donors (Lipinski definition) is 2. The van der Waals surface area contributed by atoms with E-state index in [1.807, 2.05) is 0 Å². The van der Waals surface area contributed by atoms with Crippen LogP contribution in [0.25, 0.3) is 0 Å². The Bertz CT molecular complexity index is 296. The minimum Gasteiger partial charge on any atom is -0.446 e. The number of aldehydes is 1. The van der Waals surface area contributed by atoms with Crippen molar-refractivity contribution >= 4 is 18.3 Å². The minimum atomic E-state index is -0.713. The van der Waals surface area contributed by atoms with Crippen molar-refractivity contribution in [1.29, 1.82) is 0 Å². The Morgan fingerprint density at radius 2 is 1.70 bits per heavy atom. The van der Waals surface area contributed by atoms with Gasteiger partial charge in [-0.2, -0.15) is 0 Å². The number of amides is 2. The zero-order valence-electron chi connectivity index (χ0n) is 12.1. The highest BCUT2D eigenvalue weighted by Gasteiger charge is 2.08. The van der Waals surface area contributed by atoms with Gasteiger partial charge >= 0.3 is 6.09 Å². The average Bonchev–Trinajstić information content (AvgIpc) is 2.42. The number of unbranched alkanes of at least 4 members (excludes halogenated alkanes) is 3. The van der Waals surface area contributed by atoms with Crippen LogP contribution in [0.2, 0.25) is 0 Å². The molecular weight excluding hydrogens is 264 g/mol. The van der Waals surface area contributed by atoms with Gasteiger partial charge in [0.2, 0.25) is 5.91 Å². The molecule has 1 atom stereocenters. The number of rotatable bonds is 11. The van der Waals surface area contributed by atoms with E-state index in [9.17, 15) is 14.4 Å². The molecule has 20 heavy (non-hydrogen) atoms. The van der Waals surface area contributed by atoms with E-state index in [0.717, 1.165) is 25.7 Å². The van der Waals surface area contributed by atoms with Crippen molar-refractivity contribution in [3.05, 3.63) is 0 Å². The summed E-state index contributed by atoms with van der Waals surface area (Å²) >= 11 is 0. The summed E-state index contributed by atoms with van der Waals surface area (Å²) in [7, 11) is 1.38. The highest BCUT2D eigenvalue weighted by atomic mass is 16.6. The first-order valence-electron chi connectivity index (χ1n) is 6.73. The first-order chi connectivity index (χ1) is 9.60. The molecule has 2 amide bonds. The standard InChI is InChI=1S/C13H24N2O5/c1-11(17)14-7-5-3-4-6-8-15-13(18)20-10-12(9-16)19-2/h9,12H,3-8,10H2,1-2H3,(H,14,17)(H,15,18). The molecular formula is C13H24N2O5. The molecule has 0 fully saturated rings. The molecule has 0 saturated heterocycles. The Balaban J connectivity index is 3.35. The maximum atomic E-state index is 11.2. The molecule has 7 heteroatoms. The van der Waals surface area contributed by atoms with Gasteiger partial charge in [0.25, 0.3) is 0 Å². The summed E-state index contributed by atoms with van der Waals surface area (Å²) in [5.74, 6) is -0.0147. The Morgan fingerprint density at radius 3 is 2.20 bits per heavy atom. The summed E-state index contributed by atoms with van der Waals surface area (Å²) in [5.41, 5.74) is 0. The molecule has 0 aromatic heterocycles. The number of carbonyl (C=O) groups excluding carboxylic acids is 3. The molecule has 0 aromatic rings. The summed E-state index contributed by atoms with van der Waals surface area (Å²) in [5, 5.41) is 5.32. The molecule has 0 radical (unpaired) electrons. The minimum absolute atomic E-state index is 0.0147. The molecule has 116 valence electrons. The highest BCUT2D eigenvalue weighted by Crippen LogP contribution is 1.98. The summed E-state index contributed by atoms with van der Waals surface area (Å²) in [6, 6.07) is 0. The van der Waals surface area contributed by atoms with Crippen LogP contribution in [-0.4, -0.2) is 51.2 Å². The van der Waals surface area contributed by atoms with Gasteiger partial charge in [0.05, 0.1) is 0 Å². The van der Waals surface area contributed by atoms with Crippen molar-refractivity contribution in [3.8, 4) is 0 Å². The normalized spacial score (nSPS) is 11.5. The number of alkyl carbamates (subject to hydrolysis) is 1. The molecule has 0 aliphatic carbocycles. The van der Waals surface area contributed by atoms with Crippen LogP contribution in [0.3, 0.4) is 0 Å². The van der Waals surface area contributed by atoms with Crippen LogP contribution in [-0.2, 0) is 19.1 Å². The third-order valence-electron chi connectivity index (χ3n) is 2.58. The lowest BCUT2D eigenvalue weighted by molar-refractivity contribution is -0.119. The molecule has 0 aromatic carbocycles. The lowest BCUT2D eigenvalue weighted by Crippen LogP contribution is -2.30. The van der Waals surface area contributed by atoms with E-state index in [2.05, 4.69) is 10.6 Å². The smallest absolute Gasteiger partial charge is 0.407 e. The summed E-state index contributed by atoms with van der Waals surface area (Å²) in [4.78, 5) is 32.3. The SMILES string of the molecule is COC(C=O)COC(=O)NCCCCCCNC(C)=O. The van der Waals surface area contributed by atoms with E-state index < -0.39 is 12.2 Å². The van der Waals surface area contributed by atoms with Crippen molar-refractivity contribution in [2.45, 2.75) is 38.7 Å². The Hall–Kier alpha value is -1.63. The van der Waals surface area contributed by atoms with Crippen molar-refractivity contribution in [2.75, 3.05) is 26.8 Å². The lowest BCUT2D eigenvalue weighted by atomic mass is 10.2. The van der Waals surface area contributed by atoms with Crippen LogP contribution in [0, 0.1) is 0 Å². The first kappa shape index (κ1) is 18.4. The van der Waals surface area contributed by atoms with E-state index in [4.69, 9.17) is 9.47 Å². The quantitative estimate of drug-likeness (QED) is 0.429. The van der Waals surface area contributed by atoms with Crippen molar-refractivity contribution in [2.24, 2.45) is 0 Å². The summed E-state index contributed by atoms with van der Waals surface area (Å²) in [6.45, 7) is 2.63. The maximum absolute atomic E-state index is 11.2. The average molecular weight is 288 g/mol. The van der Waals surface area contributed by atoms with Crippen LogP contribution >= 0.6 is 0 Å². The summed E-state index contributed by atoms with van der Waals surface area (Å²) in [6.07, 6.45) is 3.06. The summed E-state index contributed by atoms with van der Waals surface area (Å²) < 4.78 is 9.55. The van der Waals surface area contributed by atoms with E-state index in [1.165, 1.54) is 14.0 Å². The van der Waals surface area contributed by atoms with Gasteiger partial charge in [0, 0.05) is 27.1 Å². The van der Waals surface area contributed by atoms with E-state index >= 15 is 0 Å². The largest absolute Gasteiger partial charge is 0.446 e. The number of hydrogen-bond acceptors (Lipinski definition) is 5. The topological polar surface area (TPSA) is 93.7 Å². The Labute approximate surface area is 119 Å². The maximum Gasteiger partial charge on any atom is 0.407 e. The van der Waals surface area contributed by atoms with Gasteiger partial charge in [0.15, 0.2) is 6.29 Å². The molecule has 0 saturated carbocycles. The third-order valence-corrected chi connectivity index (χ3v) is 2.58. The van der Waals surface area contributed by atoms with Crippen molar-refractivity contribution in [3.63, 3.8) is 0 Å². The molecule has 0 aliphatic heterocycles. The molecule has 0 spiro atoms. The number of nitrogens with one attached hydrogen (secondary N) is 2. The Morgan fingerprint density at radius 1 is 1.10 bits per heavy atom. The second-order valence-electron chi connectivity index (χ2n) is 4.33. The van der Waals surface area contributed by atoms with Gasteiger partial charge < -0.3 is 24.9 Å². The van der Waals surface area contributed by atoms with Crippen LogP contribution in [0.5, 0.6) is 0 Å². The zero-order chi connectivity index (χ0) is 15.2. The second kappa shape index (κ2) is 12.4. The van der Waals surface area contributed by atoms with E-state index in [0.29, 0.717) is 19.4 Å². The second-order valence-corrected chi connectivity index (χ2v) is 4.33. The van der Waals surface area contributed by atoms with Gasteiger partial charge in [-0.25, -0.2) is 4.79 Å². The Kier molecular flexibility index (Phi) is 11.4. The fraction of sp³-hybridized carbons (Fsp3) is 0.769. The van der Waals surface area contributed by atoms with Crippen LogP contribution in [0.4, 0.5) is 4.79 Å². The monoisotopic (exact) mass is 288 g/mol. The van der Waals surface area contributed by atoms with Crippen LogP contribution < -0.4 is 10.6 Å². The van der Waals surface area contributed by atoms with Crippen LogP contribution in [0.1, 0.15) is 32.6 Å². The fourth-order valence-electron chi connectivity index (χ4n) is 1.43. The zero-order valence-corrected chi connectivity index (χ0v) is 12.1. The number of methoxy groups -OCH3 is 1. The molecule has 0 bridgehead atoms. The molecule has 2 N–H and O–H groups in total.